The second-order valence-corrected chi connectivity index (χ2v) is 5.69. The van der Waals surface area contributed by atoms with Crippen LogP contribution in [0.15, 0.2) is 5.51 Å². The number of thiazole rings is 1. The summed E-state index contributed by atoms with van der Waals surface area (Å²) in [5.74, 6) is 0.0757. The van der Waals surface area contributed by atoms with Crippen molar-refractivity contribution >= 4 is 33.2 Å². The molecule has 1 aliphatic rings. The zero-order valence-corrected chi connectivity index (χ0v) is 12.3. The summed E-state index contributed by atoms with van der Waals surface area (Å²) in [6, 6.07) is 0.124. The molecular weight excluding hydrogens is 304 g/mol. The monoisotopic (exact) mass is 318 g/mol. The highest BCUT2D eigenvalue weighted by Crippen LogP contribution is 2.20. The SMILES string of the molecule is Cc1ncsc1C(=O)N1CC(CBr)OCC1C. The van der Waals surface area contributed by atoms with Crippen LogP contribution >= 0.6 is 27.3 Å². The average Bonchev–Trinajstić information content (AvgIpc) is 2.75. The Labute approximate surface area is 113 Å². The molecule has 17 heavy (non-hydrogen) atoms. The maximum Gasteiger partial charge on any atom is 0.266 e. The summed E-state index contributed by atoms with van der Waals surface area (Å²) in [5.41, 5.74) is 2.53. The predicted octanol–water partition coefficient (Wildman–Crippen LogP) is 2.08. The van der Waals surface area contributed by atoms with Gasteiger partial charge in [-0.15, -0.1) is 11.3 Å². The van der Waals surface area contributed by atoms with Gasteiger partial charge in [0.05, 0.1) is 30.0 Å². The van der Waals surface area contributed by atoms with Crippen molar-refractivity contribution in [2.24, 2.45) is 0 Å². The Morgan fingerprint density at radius 1 is 1.76 bits per heavy atom. The van der Waals surface area contributed by atoms with Gasteiger partial charge in [0.2, 0.25) is 0 Å². The Morgan fingerprint density at radius 3 is 3.12 bits per heavy atom. The van der Waals surface area contributed by atoms with Crippen LogP contribution < -0.4 is 0 Å². The molecule has 1 aromatic rings. The number of hydrogen-bond donors (Lipinski definition) is 0. The van der Waals surface area contributed by atoms with Crippen LogP contribution in [-0.4, -0.2) is 46.4 Å². The highest BCUT2D eigenvalue weighted by atomic mass is 79.9. The molecule has 1 aromatic heterocycles. The van der Waals surface area contributed by atoms with Crippen molar-refractivity contribution in [1.29, 1.82) is 0 Å². The van der Waals surface area contributed by atoms with Gasteiger partial charge in [-0.3, -0.25) is 4.79 Å². The van der Waals surface area contributed by atoms with Gasteiger partial charge in [0, 0.05) is 11.9 Å². The fourth-order valence-electron chi connectivity index (χ4n) is 1.83. The molecule has 0 N–H and O–H groups in total. The molecule has 2 rings (SSSR count). The van der Waals surface area contributed by atoms with Crippen molar-refractivity contribution in [3.63, 3.8) is 0 Å². The molecule has 0 aliphatic carbocycles. The zero-order valence-electron chi connectivity index (χ0n) is 9.85. The molecule has 2 unspecified atom stereocenters. The van der Waals surface area contributed by atoms with Crippen molar-refractivity contribution in [2.75, 3.05) is 18.5 Å². The van der Waals surface area contributed by atoms with Gasteiger partial charge in [-0.05, 0) is 13.8 Å². The van der Waals surface area contributed by atoms with Crippen molar-refractivity contribution in [3.05, 3.63) is 16.1 Å². The smallest absolute Gasteiger partial charge is 0.266 e. The van der Waals surface area contributed by atoms with Crippen LogP contribution in [-0.2, 0) is 4.74 Å². The molecule has 1 fully saturated rings. The third-order valence-corrected chi connectivity index (χ3v) is 4.52. The lowest BCUT2D eigenvalue weighted by molar-refractivity contribution is -0.0360. The summed E-state index contributed by atoms with van der Waals surface area (Å²) < 4.78 is 5.61. The van der Waals surface area contributed by atoms with Gasteiger partial charge in [-0.1, -0.05) is 15.9 Å². The van der Waals surface area contributed by atoms with Crippen molar-refractivity contribution in [3.8, 4) is 0 Å². The van der Waals surface area contributed by atoms with Gasteiger partial charge in [0.15, 0.2) is 0 Å². The predicted molar refractivity (Wildman–Crippen MR) is 70.9 cm³/mol. The number of rotatable bonds is 2. The number of hydrogen-bond acceptors (Lipinski definition) is 4. The summed E-state index contributed by atoms with van der Waals surface area (Å²) in [7, 11) is 0. The Hall–Kier alpha value is -0.460. The molecule has 1 saturated heterocycles. The average molecular weight is 319 g/mol. The van der Waals surface area contributed by atoms with Crippen LogP contribution in [0, 0.1) is 6.92 Å². The molecule has 1 aliphatic heterocycles. The van der Waals surface area contributed by atoms with Crippen LogP contribution in [0.4, 0.5) is 0 Å². The number of halogens is 1. The molecule has 0 spiro atoms. The lowest BCUT2D eigenvalue weighted by Gasteiger charge is -2.37. The number of aryl methyl sites for hydroxylation is 1. The summed E-state index contributed by atoms with van der Waals surface area (Å²) in [5, 5.41) is 0.755. The number of morpholine rings is 1. The van der Waals surface area contributed by atoms with E-state index in [9.17, 15) is 4.79 Å². The molecule has 0 aromatic carbocycles. The zero-order chi connectivity index (χ0) is 12.4. The summed E-state index contributed by atoms with van der Waals surface area (Å²) in [4.78, 5) is 19.1. The van der Waals surface area contributed by atoms with Gasteiger partial charge in [-0.25, -0.2) is 4.98 Å². The molecule has 0 radical (unpaired) electrons. The molecule has 0 saturated carbocycles. The fraction of sp³-hybridized carbons (Fsp3) is 0.636. The molecular formula is C11H15BrN2O2S. The van der Waals surface area contributed by atoms with E-state index in [0.717, 1.165) is 15.9 Å². The molecule has 94 valence electrons. The van der Waals surface area contributed by atoms with Crippen LogP contribution in [0.25, 0.3) is 0 Å². The molecule has 6 heteroatoms. The Kier molecular flexibility index (Phi) is 4.17. The number of nitrogens with zero attached hydrogens (tertiary/aromatic N) is 2. The van der Waals surface area contributed by atoms with Gasteiger partial charge < -0.3 is 9.64 Å². The van der Waals surface area contributed by atoms with E-state index in [2.05, 4.69) is 20.9 Å². The second kappa shape index (κ2) is 5.46. The Morgan fingerprint density at radius 2 is 2.53 bits per heavy atom. The maximum atomic E-state index is 12.4. The molecule has 4 nitrogen and oxygen atoms in total. The number of carbonyl (C=O) groups is 1. The largest absolute Gasteiger partial charge is 0.373 e. The summed E-state index contributed by atoms with van der Waals surface area (Å²) in [6.07, 6.45) is 0.0865. The van der Waals surface area contributed by atoms with Crippen LogP contribution in [0.3, 0.4) is 0 Å². The summed E-state index contributed by atoms with van der Waals surface area (Å²) >= 11 is 4.81. The maximum absolute atomic E-state index is 12.4. The second-order valence-electron chi connectivity index (χ2n) is 4.18. The van der Waals surface area contributed by atoms with Crippen LogP contribution in [0.1, 0.15) is 22.3 Å². The van der Waals surface area contributed by atoms with Crippen LogP contribution in [0.2, 0.25) is 0 Å². The minimum atomic E-state index is 0.0757. The normalized spacial score (nSPS) is 25.0. The first-order valence-electron chi connectivity index (χ1n) is 5.52. The fourth-order valence-corrected chi connectivity index (χ4v) is 2.98. The molecule has 2 heterocycles. The third kappa shape index (κ3) is 2.69. The van der Waals surface area contributed by atoms with E-state index in [4.69, 9.17) is 4.74 Å². The van der Waals surface area contributed by atoms with E-state index < -0.39 is 0 Å². The van der Waals surface area contributed by atoms with E-state index >= 15 is 0 Å². The van der Waals surface area contributed by atoms with E-state index in [-0.39, 0.29) is 18.1 Å². The van der Waals surface area contributed by atoms with Crippen molar-refractivity contribution < 1.29 is 9.53 Å². The van der Waals surface area contributed by atoms with Gasteiger partial charge in [0.25, 0.3) is 5.91 Å². The number of alkyl halides is 1. The number of aromatic nitrogens is 1. The van der Waals surface area contributed by atoms with E-state index in [1.807, 2.05) is 18.7 Å². The van der Waals surface area contributed by atoms with Crippen molar-refractivity contribution in [1.82, 2.24) is 9.88 Å². The Balaban J connectivity index is 2.15. The van der Waals surface area contributed by atoms with Gasteiger partial charge >= 0.3 is 0 Å². The quantitative estimate of drug-likeness (QED) is 0.784. The minimum absolute atomic E-state index is 0.0757. The topological polar surface area (TPSA) is 42.4 Å². The van der Waals surface area contributed by atoms with Gasteiger partial charge in [0.1, 0.15) is 4.88 Å². The Bertz CT molecular complexity index is 410. The standard InChI is InChI=1S/C11H15BrN2O2S/c1-7-5-16-9(3-12)4-14(7)11(15)10-8(2)13-6-17-10/h6-7,9H,3-5H2,1-2H3. The highest BCUT2D eigenvalue weighted by Gasteiger charge is 2.31. The van der Waals surface area contributed by atoms with Gasteiger partial charge in [-0.2, -0.15) is 0 Å². The number of ether oxygens (including phenoxy) is 1. The first kappa shape index (κ1) is 13.0. The minimum Gasteiger partial charge on any atom is -0.373 e. The summed E-state index contributed by atoms with van der Waals surface area (Å²) in [6.45, 7) is 5.12. The van der Waals surface area contributed by atoms with E-state index in [0.29, 0.717) is 13.2 Å². The molecule has 2 atom stereocenters. The first-order chi connectivity index (χ1) is 8.13. The molecule has 0 bridgehead atoms. The third-order valence-electron chi connectivity index (χ3n) is 2.88. The van der Waals surface area contributed by atoms with E-state index in [1.54, 1.807) is 5.51 Å². The van der Waals surface area contributed by atoms with Crippen molar-refractivity contribution in [2.45, 2.75) is 26.0 Å². The molecule has 1 amide bonds. The lowest BCUT2D eigenvalue weighted by Crippen LogP contribution is -2.51. The van der Waals surface area contributed by atoms with E-state index in [1.165, 1.54) is 11.3 Å². The lowest BCUT2D eigenvalue weighted by atomic mass is 10.2. The van der Waals surface area contributed by atoms with Crippen LogP contribution in [0.5, 0.6) is 0 Å². The number of amides is 1. The highest BCUT2D eigenvalue weighted by molar-refractivity contribution is 9.09. The first-order valence-corrected chi connectivity index (χ1v) is 7.52. The number of carbonyl (C=O) groups excluding carboxylic acids is 1.